The molecule has 0 spiro atoms. The molecule has 1 N–H and O–H groups in total. The van der Waals surface area contributed by atoms with Gasteiger partial charge in [0.05, 0.1) is 6.20 Å². The third-order valence-corrected chi connectivity index (χ3v) is 5.20. The van der Waals surface area contributed by atoms with Crippen molar-refractivity contribution in [3.05, 3.63) is 17.8 Å². The first kappa shape index (κ1) is 16.2. The van der Waals surface area contributed by atoms with Gasteiger partial charge in [-0.1, -0.05) is 13.8 Å². The quantitative estimate of drug-likeness (QED) is 0.774. The van der Waals surface area contributed by atoms with Crippen LogP contribution in [0.2, 0.25) is 0 Å². The number of hydrogen-bond acceptors (Lipinski definition) is 5. The van der Waals surface area contributed by atoms with E-state index in [1.807, 2.05) is 0 Å². The zero-order valence-electron chi connectivity index (χ0n) is 12.4. The summed E-state index contributed by atoms with van der Waals surface area (Å²) < 4.78 is 27.9. The Morgan fingerprint density at radius 3 is 2.58 bits per heavy atom. The molecule has 0 fully saturated rings. The molecule has 0 aromatic carbocycles. The Morgan fingerprint density at radius 2 is 2.05 bits per heavy atom. The van der Waals surface area contributed by atoms with Crippen molar-refractivity contribution in [3.8, 4) is 0 Å². The predicted octanol–water partition coefficient (Wildman–Crippen LogP) is 1.74. The van der Waals surface area contributed by atoms with Gasteiger partial charge < -0.3 is 9.73 Å². The van der Waals surface area contributed by atoms with Gasteiger partial charge in [0.1, 0.15) is 10.5 Å². The van der Waals surface area contributed by atoms with Crippen LogP contribution in [-0.4, -0.2) is 32.7 Å². The largest absolute Gasteiger partial charge is 0.444 e. The van der Waals surface area contributed by atoms with Gasteiger partial charge in [-0.2, -0.15) is 0 Å². The normalized spacial score (nSPS) is 13.2. The van der Waals surface area contributed by atoms with Crippen molar-refractivity contribution in [3.63, 3.8) is 0 Å². The van der Waals surface area contributed by atoms with Crippen molar-refractivity contribution in [2.45, 2.75) is 38.9 Å². The molecule has 1 heterocycles. The van der Waals surface area contributed by atoms with Gasteiger partial charge in [-0.05, 0) is 26.3 Å². The molecule has 0 saturated heterocycles. The van der Waals surface area contributed by atoms with Crippen LogP contribution in [0.3, 0.4) is 0 Å². The molecule has 5 nitrogen and oxygen atoms in total. The maximum absolute atomic E-state index is 11.7. The van der Waals surface area contributed by atoms with E-state index in [2.05, 4.69) is 24.1 Å². The Kier molecular flexibility index (Phi) is 5.15. The molecule has 0 unspecified atom stereocenters. The minimum Gasteiger partial charge on any atom is -0.444 e. The van der Waals surface area contributed by atoms with E-state index in [-0.39, 0.29) is 0 Å². The highest BCUT2D eigenvalue weighted by molar-refractivity contribution is 7.91. The lowest BCUT2D eigenvalue weighted by atomic mass is 10.2. The van der Waals surface area contributed by atoms with Gasteiger partial charge in [-0.3, -0.25) is 0 Å². The Bertz CT molecular complexity index is 504. The van der Waals surface area contributed by atoms with Crippen LogP contribution in [-0.2, 0) is 21.0 Å². The number of sulfone groups is 1. The van der Waals surface area contributed by atoms with Gasteiger partial charge in [0.15, 0.2) is 15.7 Å². The summed E-state index contributed by atoms with van der Waals surface area (Å²) in [6.45, 7) is 9.27. The van der Waals surface area contributed by atoms with Gasteiger partial charge in [0.25, 0.3) is 0 Å². The molecule has 0 saturated carbocycles. The van der Waals surface area contributed by atoms with E-state index in [1.54, 1.807) is 13.8 Å². The van der Waals surface area contributed by atoms with Gasteiger partial charge in [0, 0.05) is 19.2 Å². The van der Waals surface area contributed by atoms with Crippen molar-refractivity contribution in [2.24, 2.45) is 5.92 Å². The van der Waals surface area contributed by atoms with Crippen molar-refractivity contribution in [2.75, 3.05) is 19.3 Å². The molecule has 0 aliphatic heterocycles. The zero-order valence-corrected chi connectivity index (χ0v) is 13.2. The molecular formula is C13H24N2O3S. The maximum Gasteiger partial charge on any atom is 0.195 e. The average Bonchev–Trinajstić information content (AvgIpc) is 2.71. The van der Waals surface area contributed by atoms with Crippen LogP contribution in [0, 0.1) is 5.92 Å². The average molecular weight is 288 g/mol. The number of nitrogens with zero attached hydrogens (tertiary/aromatic N) is 1. The fourth-order valence-electron chi connectivity index (χ4n) is 1.47. The molecule has 0 aliphatic carbocycles. The van der Waals surface area contributed by atoms with E-state index in [0.29, 0.717) is 24.0 Å². The van der Waals surface area contributed by atoms with Crippen molar-refractivity contribution in [1.29, 1.82) is 0 Å². The van der Waals surface area contributed by atoms with Crippen LogP contribution in [0.1, 0.15) is 39.3 Å². The van der Waals surface area contributed by atoms with Crippen LogP contribution in [0.15, 0.2) is 10.6 Å². The first-order valence-corrected chi connectivity index (χ1v) is 8.39. The summed E-state index contributed by atoms with van der Waals surface area (Å²) in [7, 11) is -3.23. The summed E-state index contributed by atoms with van der Waals surface area (Å²) >= 11 is 0. The highest BCUT2D eigenvalue weighted by atomic mass is 32.2. The Balaban J connectivity index is 2.63. The van der Waals surface area contributed by atoms with Crippen LogP contribution < -0.4 is 5.32 Å². The minimum absolute atomic E-state index is 0.397. The molecule has 19 heavy (non-hydrogen) atoms. The molecule has 6 heteroatoms. The smallest absolute Gasteiger partial charge is 0.195 e. The van der Waals surface area contributed by atoms with Crippen molar-refractivity contribution >= 4 is 9.84 Å². The van der Waals surface area contributed by atoms with Gasteiger partial charge in [0.2, 0.25) is 0 Å². The second kappa shape index (κ2) is 6.05. The lowest BCUT2D eigenvalue weighted by Gasteiger charge is -2.18. The Labute approximate surface area is 115 Å². The molecule has 1 aromatic heterocycles. The second-order valence-corrected chi connectivity index (χ2v) is 8.31. The fraction of sp³-hybridized carbons (Fsp3) is 0.769. The first-order valence-electron chi connectivity index (χ1n) is 6.50. The summed E-state index contributed by atoms with van der Waals surface area (Å²) in [6.07, 6.45) is 3.38. The summed E-state index contributed by atoms with van der Waals surface area (Å²) in [6, 6.07) is 0. The van der Waals surface area contributed by atoms with E-state index in [4.69, 9.17) is 4.42 Å². The van der Waals surface area contributed by atoms with E-state index < -0.39 is 14.6 Å². The molecular weight excluding hydrogens is 264 g/mol. The van der Waals surface area contributed by atoms with Crippen LogP contribution in [0.5, 0.6) is 0 Å². The molecule has 0 amide bonds. The number of nitrogens with one attached hydrogen (secondary N) is 1. The predicted molar refractivity (Wildman–Crippen MR) is 75.8 cm³/mol. The molecule has 0 aliphatic rings. The maximum atomic E-state index is 11.7. The van der Waals surface area contributed by atoms with Gasteiger partial charge >= 0.3 is 0 Å². The van der Waals surface area contributed by atoms with Crippen LogP contribution >= 0.6 is 0 Å². The van der Waals surface area contributed by atoms with Gasteiger partial charge in [-0.25, -0.2) is 13.4 Å². The van der Waals surface area contributed by atoms with Crippen molar-refractivity contribution in [1.82, 2.24) is 10.3 Å². The lowest BCUT2D eigenvalue weighted by molar-refractivity contribution is 0.409. The van der Waals surface area contributed by atoms with Crippen LogP contribution in [0.4, 0.5) is 0 Å². The number of hydrogen-bond donors (Lipinski definition) is 1. The Morgan fingerprint density at radius 1 is 1.42 bits per heavy atom. The Hall–Kier alpha value is -0.880. The third kappa shape index (κ3) is 4.31. The molecule has 0 atom stereocenters. The third-order valence-electron chi connectivity index (χ3n) is 3.14. The summed E-state index contributed by atoms with van der Waals surface area (Å²) in [5, 5.41) is 3.29. The summed E-state index contributed by atoms with van der Waals surface area (Å²) in [5.74, 6) is 1.57. The molecule has 0 bridgehead atoms. The topological polar surface area (TPSA) is 72.2 Å². The number of rotatable bonds is 7. The van der Waals surface area contributed by atoms with Crippen LogP contribution in [0.25, 0.3) is 0 Å². The monoisotopic (exact) mass is 288 g/mol. The number of aromatic nitrogens is 1. The lowest BCUT2D eigenvalue weighted by Crippen LogP contribution is -2.27. The van der Waals surface area contributed by atoms with E-state index in [0.717, 1.165) is 13.1 Å². The first-order chi connectivity index (χ1) is 8.64. The fourth-order valence-corrected chi connectivity index (χ4v) is 1.93. The molecule has 1 rings (SSSR count). The van der Waals surface area contributed by atoms with E-state index in [1.165, 1.54) is 12.5 Å². The molecule has 1 aromatic rings. The molecule has 0 radical (unpaired) electrons. The molecule has 110 valence electrons. The van der Waals surface area contributed by atoms with Gasteiger partial charge in [-0.15, -0.1) is 0 Å². The number of oxazole rings is 1. The van der Waals surface area contributed by atoms with Crippen molar-refractivity contribution < 1.29 is 12.8 Å². The SMILES string of the molecule is CC(C)CNCCc1ncc(C(C)(C)S(C)(=O)=O)o1. The van der Waals surface area contributed by atoms with E-state index >= 15 is 0 Å². The zero-order chi connectivity index (χ0) is 14.7. The van der Waals surface area contributed by atoms with E-state index in [9.17, 15) is 8.42 Å². The standard InChI is InChI=1S/C13H24N2O3S/c1-10(2)8-14-7-6-12-15-9-11(18-12)13(3,4)19(5,16)17/h9-10,14H,6-8H2,1-5H3. The summed E-state index contributed by atoms with van der Waals surface area (Å²) in [4.78, 5) is 4.14. The second-order valence-electron chi connectivity index (χ2n) is 5.75. The highest BCUT2D eigenvalue weighted by Crippen LogP contribution is 2.29. The summed E-state index contributed by atoms with van der Waals surface area (Å²) in [5.41, 5.74) is 0. The highest BCUT2D eigenvalue weighted by Gasteiger charge is 2.36. The minimum atomic E-state index is -3.23.